The molecule has 0 aliphatic carbocycles. The van der Waals surface area contributed by atoms with Crippen molar-refractivity contribution in [3.8, 4) is 0 Å². The number of piperidine rings is 1. The maximum absolute atomic E-state index is 12.0. The molecule has 4 nitrogen and oxygen atoms in total. The number of carbonyl (C=O) groups excluding carboxylic acids is 1. The zero-order valence-electron chi connectivity index (χ0n) is 12.6. The summed E-state index contributed by atoms with van der Waals surface area (Å²) in [6, 6.07) is 0.314. The number of nitrogens with zero attached hydrogens (tertiary/aromatic N) is 2. The van der Waals surface area contributed by atoms with Crippen LogP contribution in [-0.2, 0) is 4.79 Å². The highest BCUT2D eigenvalue weighted by molar-refractivity contribution is 5.81. The van der Waals surface area contributed by atoms with Crippen LogP contribution in [-0.4, -0.2) is 61.5 Å². The third-order valence-electron chi connectivity index (χ3n) is 4.10. The van der Waals surface area contributed by atoms with Crippen molar-refractivity contribution < 1.29 is 4.79 Å². The molecule has 1 aliphatic rings. The number of hydrogen-bond donors (Lipinski definition) is 1. The summed E-state index contributed by atoms with van der Waals surface area (Å²) < 4.78 is 0. The van der Waals surface area contributed by atoms with Gasteiger partial charge in [0.2, 0.25) is 5.91 Å². The fourth-order valence-corrected chi connectivity index (χ4v) is 2.70. The van der Waals surface area contributed by atoms with Crippen LogP contribution in [0.25, 0.3) is 0 Å². The smallest absolute Gasteiger partial charge is 0.239 e. The number of rotatable bonds is 5. The molecule has 0 aromatic rings. The van der Waals surface area contributed by atoms with Crippen molar-refractivity contribution in [2.45, 2.75) is 45.7 Å². The van der Waals surface area contributed by atoms with Crippen molar-refractivity contribution in [3.63, 3.8) is 0 Å². The second-order valence-electron chi connectivity index (χ2n) is 5.69. The van der Waals surface area contributed by atoms with Gasteiger partial charge in [-0.15, -0.1) is 0 Å². The maximum atomic E-state index is 12.0. The summed E-state index contributed by atoms with van der Waals surface area (Å²) in [4.78, 5) is 16.2. The molecule has 0 bridgehead atoms. The molecule has 1 fully saturated rings. The summed E-state index contributed by atoms with van der Waals surface area (Å²) in [6.07, 6.45) is 2.54. The Morgan fingerprint density at radius 3 is 2.72 bits per heavy atom. The zero-order chi connectivity index (χ0) is 13.7. The Morgan fingerprint density at radius 2 is 2.17 bits per heavy atom. The molecule has 4 heteroatoms. The normalized spacial score (nSPS) is 24.6. The molecular formula is C14H29N3O. The monoisotopic (exact) mass is 255 g/mol. The lowest BCUT2D eigenvalue weighted by Crippen LogP contribution is -2.50. The predicted octanol–water partition coefficient (Wildman–Crippen LogP) is 1.17. The van der Waals surface area contributed by atoms with Gasteiger partial charge in [0, 0.05) is 26.2 Å². The highest BCUT2D eigenvalue weighted by Gasteiger charge is 2.26. The Hall–Kier alpha value is -0.610. The number of hydrogen-bond acceptors (Lipinski definition) is 3. The van der Waals surface area contributed by atoms with Crippen LogP contribution >= 0.6 is 0 Å². The van der Waals surface area contributed by atoms with E-state index in [1.54, 1.807) is 4.90 Å². The van der Waals surface area contributed by atoms with Crippen molar-refractivity contribution in [1.82, 2.24) is 15.1 Å². The first kappa shape index (κ1) is 15.4. The van der Waals surface area contributed by atoms with Crippen molar-refractivity contribution in [1.29, 1.82) is 0 Å². The topological polar surface area (TPSA) is 35.6 Å². The third-order valence-corrected chi connectivity index (χ3v) is 4.10. The van der Waals surface area contributed by atoms with Gasteiger partial charge in [-0.25, -0.2) is 0 Å². The Kier molecular flexibility index (Phi) is 6.09. The SMILES string of the molecule is CCN(C)C(=O)C(C)NC(C)C1CCCN(C)C1. The summed E-state index contributed by atoms with van der Waals surface area (Å²) in [7, 11) is 4.04. The molecule has 1 rings (SSSR count). The minimum atomic E-state index is -0.0859. The van der Waals surface area contributed by atoms with E-state index in [1.807, 2.05) is 20.9 Å². The van der Waals surface area contributed by atoms with Crippen LogP contribution in [0.2, 0.25) is 0 Å². The minimum Gasteiger partial charge on any atom is -0.345 e. The molecule has 1 aliphatic heterocycles. The van der Waals surface area contributed by atoms with E-state index in [1.165, 1.54) is 19.4 Å². The standard InChI is InChI=1S/C14H29N3O/c1-6-17(5)14(18)12(3)15-11(2)13-8-7-9-16(4)10-13/h11-13,15H,6-10H2,1-5H3. The first-order valence-electron chi connectivity index (χ1n) is 7.15. The summed E-state index contributed by atoms with van der Waals surface area (Å²) in [5.41, 5.74) is 0. The van der Waals surface area contributed by atoms with Gasteiger partial charge in [-0.05, 0) is 53.1 Å². The molecule has 0 aromatic heterocycles. The zero-order valence-corrected chi connectivity index (χ0v) is 12.6. The van der Waals surface area contributed by atoms with Crippen LogP contribution in [0.15, 0.2) is 0 Å². The fourth-order valence-electron chi connectivity index (χ4n) is 2.70. The molecular weight excluding hydrogens is 226 g/mol. The Bertz CT molecular complexity index is 270. The molecule has 18 heavy (non-hydrogen) atoms. The molecule has 0 radical (unpaired) electrons. The van der Waals surface area contributed by atoms with Crippen LogP contribution in [0, 0.1) is 5.92 Å². The van der Waals surface area contributed by atoms with Crippen molar-refractivity contribution in [3.05, 3.63) is 0 Å². The van der Waals surface area contributed by atoms with E-state index in [0.717, 1.165) is 13.1 Å². The van der Waals surface area contributed by atoms with Gasteiger partial charge < -0.3 is 15.1 Å². The van der Waals surface area contributed by atoms with E-state index >= 15 is 0 Å². The van der Waals surface area contributed by atoms with Gasteiger partial charge in [0.1, 0.15) is 0 Å². The number of carbonyl (C=O) groups is 1. The van der Waals surface area contributed by atoms with Crippen LogP contribution < -0.4 is 5.32 Å². The van der Waals surface area contributed by atoms with Crippen LogP contribution in [0.3, 0.4) is 0 Å². The molecule has 0 aromatic carbocycles. The van der Waals surface area contributed by atoms with Gasteiger partial charge in [0.25, 0.3) is 0 Å². The molecule has 3 atom stereocenters. The Balaban J connectivity index is 2.43. The largest absolute Gasteiger partial charge is 0.345 e. The van der Waals surface area contributed by atoms with Crippen LogP contribution in [0.1, 0.15) is 33.6 Å². The second kappa shape index (κ2) is 7.10. The lowest BCUT2D eigenvalue weighted by Gasteiger charge is -2.35. The first-order chi connectivity index (χ1) is 8.45. The Labute approximate surface area is 112 Å². The maximum Gasteiger partial charge on any atom is 0.239 e. The van der Waals surface area contributed by atoms with Gasteiger partial charge >= 0.3 is 0 Å². The molecule has 3 unspecified atom stereocenters. The average molecular weight is 255 g/mol. The van der Waals surface area contributed by atoms with Crippen LogP contribution in [0.5, 0.6) is 0 Å². The van der Waals surface area contributed by atoms with Gasteiger partial charge in [-0.1, -0.05) is 0 Å². The average Bonchev–Trinajstić information content (AvgIpc) is 2.36. The lowest BCUT2D eigenvalue weighted by atomic mass is 9.91. The first-order valence-corrected chi connectivity index (χ1v) is 7.15. The number of amides is 1. The number of likely N-dealkylation sites (tertiary alicyclic amines) is 1. The second-order valence-corrected chi connectivity index (χ2v) is 5.69. The van der Waals surface area contributed by atoms with E-state index < -0.39 is 0 Å². The predicted molar refractivity (Wildman–Crippen MR) is 75.6 cm³/mol. The Morgan fingerprint density at radius 1 is 1.50 bits per heavy atom. The van der Waals surface area contributed by atoms with Gasteiger partial charge in [0.05, 0.1) is 6.04 Å². The van der Waals surface area contributed by atoms with E-state index in [0.29, 0.717) is 12.0 Å². The molecule has 0 spiro atoms. The van der Waals surface area contributed by atoms with E-state index in [2.05, 4.69) is 24.2 Å². The van der Waals surface area contributed by atoms with Crippen molar-refractivity contribution in [2.75, 3.05) is 33.7 Å². The van der Waals surface area contributed by atoms with E-state index in [9.17, 15) is 4.79 Å². The molecule has 1 saturated heterocycles. The molecule has 1 amide bonds. The highest BCUT2D eigenvalue weighted by atomic mass is 16.2. The van der Waals surface area contributed by atoms with Crippen molar-refractivity contribution in [2.24, 2.45) is 5.92 Å². The van der Waals surface area contributed by atoms with Gasteiger partial charge in [-0.3, -0.25) is 4.79 Å². The molecule has 0 saturated carbocycles. The summed E-state index contributed by atoms with van der Waals surface area (Å²) >= 11 is 0. The quantitative estimate of drug-likeness (QED) is 0.801. The lowest BCUT2D eigenvalue weighted by molar-refractivity contribution is -0.131. The molecule has 1 N–H and O–H groups in total. The molecule has 106 valence electrons. The summed E-state index contributed by atoms with van der Waals surface area (Å²) in [5, 5.41) is 3.47. The van der Waals surface area contributed by atoms with Gasteiger partial charge in [-0.2, -0.15) is 0 Å². The van der Waals surface area contributed by atoms with Crippen LogP contribution in [0.4, 0.5) is 0 Å². The van der Waals surface area contributed by atoms with E-state index in [4.69, 9.17) is 0 Å². The number of likely N-dealkylation sites (N-methyl/N-ethyl adjacent to an activating group) is 1. The third kappa shape index (κ3) is 4.25. The number of nitrogens with one attached hydrogen (secondary N) is 1. The summed E-state index contributed by atoms with van der Waals surface area (Å²) in [5.74, 6) is 0.847. The minimum absolute atomic E-state index is 0.0859. The van der Waals surface area contributed by atoms with Crippen molar-refractivity contribution >= 4 is 5.91 Å². The highest BCUT2D eigenvalue weighted by Crippen LogP contribution is 2.18. The fraction of sp³-hybridized carbons (Fsp3) is 0.929. The summed E-state index contributed by atoms with van der Waals surface area (Å²) in [6.45, 7) is 9.29. The van der Waals surface area contributed by atoms with Gasteiger partial charge in [0.15, 0.2) is 0 Å². The van der Waals surface area contributed by atoms with E-state index in [-0.39, 0.29) is 11.9 Å². The molecule has 1 heterocycles.